The zero-order valence-electron chi connectivity index (χ0n) is 6.31. The van der Waals surface area contributed by atoms with Crippen molar-refractivity contribution < 1.29 is 9.53 Å². The van der Waals surface area contributed by atoms with E-state index in [-0.39, 0.29) is 49.8 Å². The minimum atomic E-state index is -0.195. The maximum absolute atomic E-state index is 10.2. The molecule has 0 heterocycles. The fourth-order valence-electron chi connectivity index (χ4n) is 0.367. The molecule has 3 heteroatoms. The van der Waals surface area contributed by atoms with Crippen LogP contribution < -0.4 is 0 Å². The van der Waals surface area contributed by atoms with E-state index in [2.05, 4.69) is 0 Å². The normalized spacial score (nSPS) is 11.4. The van der Waals surface area contributed by atoms with E-state index in [1.54, 1.807) is 0 Å². The Morgan fingerprint density at radius 2 is 2.11 bits per heavy atom. The second kappa shape index (κ2) is 6.84. The molecule has 0 aliphatic carbocycles. The van der Waals surface area contributed by atoms with Gasteiger partial charge >= 0.3 is 5.97 Å². The van der Waals surface area contributed by atoms with E-state index in [0.29, 0.717) is 0 Å². The molecule has 1 unspecified atom stereocenters. The molecule has 0 aliphatic heterocycles. The van der Waals surface area contributed by atoms with E-state index in [1.165, 1.54) is 6.92 Å². The molecule has 0 fully saturated rings. The van der Waals surface area contributed by atoms with Crippen molar-refractivity contribution in [3.05, 3.63) is 0 Å². The molecule has 1 atom stereocenters. The van der Waals surface area contributed by atoms with Crippen molar-refractivity contribution in [1.29, 1.82) is 0 Å². The van der Waals surface area contributed by atoms with Crippen molar-refractivity contribution in [1.82, 2.24) is 0 Å². The first kappa shape index (κ1) is 12.4. The minimum absolute atomic E-state index is 0. The van der Waals surface area contributed by atoms with Crippen LogP contribution in [-0.2, 0) is 9.53 Å². The van der Waals surface area contributed by atoms with Crippen molar-refractivity contribution in [3.8, 4) is 0 Å². The molecule has 0 aromatic heterocycles. The fraction of sp³-hybridized carbons (Fsp3) is 0.833. The van der Waals surface area contributed by atoms with Gasteiger partial charge in [0.25, 0.3) is 0 Å². The summed E-state index contributed by atoms with van der Waals surface area (Å²) >= 11 is 0. The SMILES string of the molecule is CCC(C)OC(C)=O.[Ca]. The van der Waals surface area contributed by atoms with E-state index in [9.17, 15) is 4.79 Å². The quantitative estimate of drug-likeness (QED) is 0.440. The molecule has 0 rings (SSSR count). The third-order valence-electron chi connectivity index (χ3n) is 0.942. The molecule has 9 heavy (non-hydrogen) atoms. The predicted molar refractivity (Wildman–Crippen MR) is 37.3 cm³/mol. The van der Waals surface area contributed by atoms with E-state index in [0.717, 1.165) is 6.42 Å². The largest absolute Gasteiger partial charge is 0.463 e. The molecular formula is C6H12CaO2. The van der Waals surface area contributed by atoms with Crippen LogP contribution in [0.15, 0.2) is 0 Å². The molecule has 0 amide bonds. The Labute approximate surface area is 86.0 Å². The molecule has 2 nitrogen and oxygen atoms in total. The number of rotatable bonds is 2. The number of esters is 1. The maximum Gasteiger partial charge on any atom is 0.302 e. The summed E-state index contributed by atoms with van der Waals surface area (Å²) in [6.07, 6.45) is 0.965. The summed E-state index contributed by atoms with van der Waals surface area (Å²) in [4.78, 5) is 10.2. The summed E-state index contributed by atoms with van der Waals surface area (Å²) in [6.45, 7) is 5.28. The molecular weight excluding hydrogens is 144 g/mol. The Balaban J connectivity index is 0. The Kier molecular flexibility index (Phi) is 9.44. The third-order valence-corrected chi connectivity index (χ3v) is 0.942. The summed E-state index contributed by atoms with van der Waals surface area (Å²) in [5, 5.41) is 0. The summed E-state index contributed by atoms with van der Waals surface area (Å²) in [7, 11) is 0. The second-order valence-corrected chi connectivity index (χ2v) is 1.83. The summed E-state index contributed by atoms with van der Waals surface area (Å²) in [6, 6.07) is 0. The smallest absolute Gasteiger partial charge is 0.302 e. The number of carbonyl (C=O) groups excluding carboxylic acids is 1. The van der Waals surface area contributed by atoms with Crippen LogP contribution in [0.2, 0.25) is 0 Å². The number of carbonyl (C=O) groups is 1. The molecule has 0 aromatic carbocycles. The van der Waals surface area contributed by atoms with Gasteiger partial charge in [-0.25, -0.2) is 0 Å². The van der Waals surface area contributed by atoms with E-state index < -0.39 is 0 Å². The number of hydrogen-bond acceptors (Lipinski definition) is 2. The Morgan fingerprint density at radius 1 is 1.67 bits per heavy atom. The van der Waals surface area contributed by atoms with Crippen molar-refractivity contribution in [2.75, 3.05) is 0 Å². The summed E-state index contributed by atoms with van der Waals surface area (Å²) < 4.78 is 4.76. The van der Waals surface area contributed by atoms with Crippen LogP contribution in [0.5, 0.6) is 0 Å². The average molecular weight is 156 g/mol. The predicted octanol–water partition coefficient (Wildman–Crippen LogP) is 0.967. The van der Waals surface area contributed by atoms with E-state index >= 15 is 0 Å². The van der Waals surface area contributed by atoms with Gasteiger partial charge in [0.05, 0.1) is 6.10 Å². The second-order valence-electron chi connectivity index (χ2n) is 1.83. The van der Waals surface area contributed by atoms with Gasteiger partial charge in [-0.3, -0.25) is 4.79 Å². The first-order valence-corrected chi connectivity index (χ1v) is 2.84. The fourth-order valence-corrected chi connectivity index (χ4v) is 0.367. The standard InChI is InChI=1S/C6H12O2.Ca/c1-4-5(2)8-6(3)7;/h5H,4H2,1-3H3;. The van der Waals surface area contributed by atoms with Gasteiger partial charge in [0, 0.05) is 44.7 Å². The van der Waals surface area contributed by atoms with Gasteiger partial charge in [-0.1, -0.05) is 6.92 Å². The molecule has 0 aromatic rings. The molecule has 0 aliphatic rings. The van der Waals surface area contributed by atoms with Gasteiger partial charge in [0.15, 0.2) is 0 Å². The first-order valence-electron chi connectivity index (χ1n) is 2.84. The van der Waals surface area contributed by atoms with Crippen LogP contribution in [0.25, 0.3) is 0 Å². The molecule has 0 bridgehead atoms. The number of ether oxygens (including phenoxy) is 1. The van der Waals surface area contributed by atoms with E-state index in [1.807, 2.05) is 13.8 Å². The van der Waals surface area contributed by atoms with Crippen LogP contribution in [0.3, 0.4) is 0 Å². The average Bonchev–Trinajstić information content (AvgIpc) is 1.65. The summed E-state index contributed by atoms with van der Waals surface area (Å²) in [5.74, 6) is -0.195. The minimum Gasteiger partial charge on any atom is -0.463 e. The molecule has 50 valence electrons. The van der Waals surface area contributed by atoms with Gasteiger partial charge < -0.3 is 4.74 Å². The topological polar surface area (TPSA) is 26.3 Å². The van der Waals surface area contributed by atoms with Gasteiger partial charge in [-0.2, -0.15) is 0 Å². The molecule has 0 saturated heterocycles. The monoisotopic (exact) mass is 156 g/mol. The molecule has 0 N–H and O–H groups in total. The van der Waals surface area contributed by atoms with Crippen LogP contribution in [-0.4, -0.2) is 49.8 Å². The molecule has 0 spiro atoms. The van der Waals surface area contributed by atoms with Crippen LogP contribution in [0.4, 0.5) is 0 Å². The summed E-state index contributed by atoms with van der Waals surface area (Å²) in [5.41, 5.74) is 0. The maximum atomic E-state index is 10.2. The van der Waals surface area contributed by atoms with E-state index in [4.69, 9.17) is 4.74 Å². The van der Waals surface area contributed by atoms with Gasteiger partial charge in [0.1, 0.15) is 0 Å². The van der Waals surface area contributed by atoms with Crippen molar-refractivity contribution in [2.45, 2.75) is 33.3 Å². The zero-order chi connectivity index (χ0) is 6.57. The first-order chi connectivity index (χ1) is 3.66. The van der Waals surface area contributed by atoms with Gasteiger partial charge in [-0.05, 0) is 13.3 Å². The zero-order valence-corrected chi connectivity index (χ0v) is 8.52. The number of hydrogen-bond donors (Lipinski definition) is 0. The van der Waals surface area contributed by atoms with Crippen LogP contribution in [0.1, 0.15) is 27.2 Å². The molecule has 0 saturated carbocycles. The van der Waals surface area contributed by atoms with Crippen molar-refractivity contribution in [2.24, 2.45) is 0 Å². The van der Waals surface area contributed by atoms with Crippen LogP contribution >= 0.6 is 0 Å². The van der Waals surface area contributed by atoms with Gasteiger partial charge in [0.2, 0.25) is 0 Å². The van der Waals surface area contributed by atoms with Gasteiger partial charge in [-0.15, -0.1) is 0 Å². The van der Waals surface area contributed by atoms with Crippen molar-refractivity contribution in [3.63, 3.8) is 0 Å². The molecule has 2 radical (unpaired) electrons. The Bertz CT molecular complexity index is 83.1. The Morgan fingerprint density at radius 3 is 2.22 bits per heavy atom. The van der Waals surface area contributed by atoms with Crippen LogP contribution in [0, 0.1) is 0 Å². The van der Waals surface area contributed by atoms with Crippen molar-refractivity contribution >= 4 is 43.7 Å². The Hall–Kier alpha value is 0.730. The third kappa shape index (κ3) is 8.73.